The van der Waals surface area contributed by atoms with Gasteiger partial charge < -0.3 is 19.9 Å². The number of halogens is 1. The molecule has 0 aliphatic rings. The standard InChI is InChI=1S/C20H17ClN2O4/c1-26-15-6-7-16(18(24)11-15)20(25)23-13-5-8-19(17(21)10-13)27-12-14-4-2-3-9-22-14/h2-11,24H,12H2,1H3,(H,23,25). The molecule has 0 spiro atoms. The molecule has 3 aromatic rings. The van der Waals surface area contributed by atoms with Crippen LogP contribution in [0.5, 0.6) is 17.2 Å². The minimum Gasteiger partial charge on any atom is -0.507 e. The summed E-state index contributed by atoms with van der Waals surface area (Å²) < 4.78 is 10.7. The van der Waals surface area contributed by atoms with Gasteiger partial charge in [-0.25, -0.2) is 0 Å². The van der Waals surface area contributed by atoms with Gasteiger partial charge >= 0.3 is 0 Å². The van der Waals surface area contributed by atoms with Crippen molar-refractivity contribution in [3.05, 3.63) is 77.1 Å². The molecular formula is C20H17ClN2O4. The molecule has 0 unspecified atom stereocenters. The Morgan fingerprint density at radius 1 is 1.19 bits per heavy atom. The van der Waals surface area contributed by atoms with Crippen molar-refractivity contribution in [1.82, 2.24) is 4.98 Å². The van der Waals surface area contributed by atoms with Crippen molar-refractivity contribution in [3.63, 3.8) is 0 Å². The van der Waals surface area contributed by atoms with E-state index in [9.17, 15) is 9.90 Å². The second-order valence-electron chi connectivity index (χ2n) is 5.59. The highest BCUT2D eigenvalue weighted by Gasteiger charge is 2.13. The lowest BCUT2D eigenvalue weighted by atomic mass is 10.1. The number of aromatic nitrogens is 1. The highest BCUT2D eigenvalue weighted by Crippen LogP contribution is 2.29. The molecule has 2 N–H and O–H groups in total. The number of aromatic hydroxyl groups is 1. The second-order valence-corrected chi connectivity index (χ2v) is 6.00. The summed E-state index contributed by atoms with van der Waals surface area (Å²) >= 11 is 6.23. The summed E-state index contributed by atoms with van der Waals surface area (Å²) in [5.41, 5.74) is 1.38. The van der Waals surface area contributed by atoms with Gasteiger partial charge in [0.2, 0.25) is 0 Å². The molecule has 1 aromatic heterocycles. The number of carbonyl (C=O) groups is 1. The van der Waals surface area contributed by atoms with E-state index in [4.69, 9.17) is 21.1 Å². The fourth-order valence-electron chi connectivity index (χ4n) is 2.36. The van der Waals surface area contributed by atoms with E-state index < -0.39 is 5.91 Å². The molecule has 0 radical (unpaired) electrons. The lowest BCUT2D eigenvalue weighted by Gasteiger charge is -2.11. The number of amides is 1. The van der Waals surface area contributed by atoms with Crippen LogP contribution < -0.4 is 14.8 Å². The topological polar surface area (TPSA) is 80.7 Å². The predicted molar refractivity (Wildman–Crippen MR) is 103 cm³/mol. The first-order valence-electron chi connectivity index (χ1n) is 8.07. The van der Waals surface area contributed by atoms with Gasteiger partial charge in [-0.3, -0.25) is 9.78 Å². The first-order chi connectivity index (χ1) is 13.1. The third kappa shape index (κ3) is 4.68. The molecule has 1 amide bonds. The fraction of sp³-hybridized carbons (Fsp3) is 0.100. The van der Waals surface area contributed by atoms with Crippen LogP contribution in [0.4, 0.5) is 5.69 Å². The van der Waals surface area contributed by atoms with E-state index in [1.165, 1.54) is 19.2 Å². The number of phenols is 1. The molecule has 27 heavy (non-hydrogen) atoms. The van der Waals surface area contributed by atoms with E-state index >= 15 is 0 Å². The number of methoxy groups -OCH3 is 1. The Morgan fingerprint density at radius 2 is 2.04 bits per heavy atom. The van der Waals surface area contributed by atoms with Crippen LogP contribution in [-0.2, 0) is 6.61 Å². The molecule has 0 aliphatic carbocycles. The number of benzene rings is 2. The third-order valence-electron chi connectivity index (χ3n) is 3.74. The lowest BCUT2D eigenvalue weighted by molar-refractivity contribution is 0.102. The number of phenolic OH excluding ortho intramolecular Hbond substituents is 1. The minimum absolute atomic E-state index is 0.127. The van der Waals surface area contributed by atoms with E-state index in [0.29, 0.717) is 22.2 Å². The van der Waals surface area contributed by atoms with Crippen LogP contribution in [0.1, 0.15) is 16.1 Å². The zero-order valence-electron chi connectivity index (χ0n) is 14.5. The number of anilines is 1. The molecular weight excluding hydrogens is 368 g/mol. The molecule has 0 fully saturated rings. The lowest BCUT2D eigenvalue weighted by Crippen LogP contribution is -2.12. The molecule has 0 saturated carbocycles. The zero-order valence-corrected chi connectivity index (χ0v) is 15.2. The highest BCUT2D eigenvalue weighted by atomic mass is 35.5. The van der Waals surface area contributed by atoms with Crippen LogP contribution in [0, 0.1) is 0 Å². The zero-order chi connectivity index (χ0) is 19.2. The highest BCUT2D eigenvalue weighted by molar-refractivity contribution is 6.32. The monoisotopic (exact) mass is 384 g/mol. The van der Waals surface area contributed by atoms with Gasteiger partial charge in [-0.2, -0.15) is 0 Å². The van der Waals surface area contributed by atoms with Gasteiger partial charge in [-0.05, 0) is 42.5 Å². The Morgan fingerprint density at radius 3 is 2.70 bits per heavy atom. The maximum absolute atomic E-state index is 12.3. The minimum atomic E-state index is -0.464. The molecule has 138 valence electrons. The van der Waals surface area contributed by atoms with Crippen molar-refractivity contribution >= 4 is 23.2 Å². The Balaban J connectivity index is 1.67. The van der Waals surface area contributed by atoms with Gasteiger partial charge in [0.25, 0.3) is 5.91 Å². The van der Waals surface area contributed by atoms with Crippen molar-refractivity contribution < 1.29 is 19.4 Å². The normalized spacial score (nSPS) is 10.3. The van der Waals surface area contributed by atoms with E-state index in [0.717, 1.165) is 5.69 Å². The number of nitrogens with zero attached hydrogens (tertiary/aromatic N) is 1. The van der Waals surface area contributed by atoms with E-state index in [-0.39, 0.29) is 17.9 Å². The molecule has 3 rings (SSSR count). The summed E-state index contributed by atoms with van der Waals surface area (Å²) in [7, 11) is 1.48. The largest absolute Gasteiger partial charge is 0.507 e. The summed E-state index contributed by atoms with van der Waals surface area (Å²) in [5.74, 6) is 0.302. The van der Waals surface area contributed by atoms with Crippen LogP contribution in [0.2, 0.25) is 5.02 Å². The molecule has 0 aliphatic heterocycles. The SMILES string of the molecule is COc1ccc(C(=O)Nc2ccc(OCc3ccccn3)c(Cl)c2)c(O)c1. The number of rotatable bonds is 6. The second kappa shape index (κ2) is 8.42. The van der Waals surface area contributed by atoms with Crippen LogP contribution in [0.15, 0.2) is 60.8 Å². The average Bonchev–Trinajstić information content (AvgIpc) is 2.68. The van der Waals surface area contributed by atoms with Gasteiger partial charge in [0.1, 0.15) is 23.9 Å². The summed E-state index contributed by atoms with van der Waals surface area (Å²) in [6.45, 7) is 0.284. The Bertz CT molecular complexity index is 948. The van der Waals surface area contributed by atoms with Crippen molar-refractivity contribution in [3.8, 4) is 17.2 Å². The predicted octanol–water partition coefficient (Wildman–Crippen LogP) is 4.28. The number of pyridine rings is 1. The summed E-state index contributed by atoms with van der Waals surface area (Å²) in [6.07, 6.45) is 1.69. The Kier molecular flexibility index (Phi) is 5.78. The first-order valence-corrected chi connectivity index (χ1v) is 8.45. The number of ether oxygens (including phenoxy) is 2. The van der Waals surface area contributed by atoms with Crippen molar-refractivity contribution in [2.75, 3.05) is 12.4 Å². The molecule has 6 nitrogen and oxygen atoms in total. The molecule has 7 heteroatoms. The quantitative estimate of drug-likeness (QED) is 0.663. The summed E-state index contributed by atoms with van der Waals surface area (Å²) in [5, 5.41) is 13.0. The maximum Gasteiger partial charge on any atom is 0.259 e. The van der Waals surface area contributed by atoms with Crippen molar-refractivity contribution in [2.24, 2.45) is 0 Å². The summed E-state index contributed by atoms with van der Waals surface area (Å²) in [4.78, 5) is 16.5. The van der Waals surface area contributed by atoms with E-state index in [1.54, 1.807) is 30.5 Å². The molecule has 0 atom stereocenters. The smallest absolute Gasteiger partial charge is 0.259 e. The Hall–Kier alpha value is -3.25. The van der Waals surface area contributed by atoms with Crippen molar-refractivity contribution in [2.45, 2.75) is 6.61 Å². The molecule has 2 aromatic carbocycles. The Labute approximate surface area is 161 Å². The van der Waals surface area contributed by atoms with Gasteiger partial charge in [-0.15, -0.1) is 0 Å². The van der Waals surface area contributed by atoms with Gasteiger partial charge in [0, 0.05) is 18.0 Å². The third-order valence-corrected chi connectivity index (χ3v) is 4.04. The van der Waals surface area contributed by atoms with E-state index in [1.807, 2.05) is 18.2 Å². The van der Waals surface area contributed by atoms with E-state index in [2.05, 4.69) is 10.3 Å². The average molecular weight is 385 g/mol. The molecule has 0 saturated heterocycles. The first kappa shape index (κ1) is 18.5. The fourth-order valence-corrected chi connectivity index (χ4v) is 2.59. The molecule has 0 bridgehead atoms. The number of hydrogen-bond donors (Lipinski definition) is 2. The number of hydrogen-bond acceptors (Lipinski definition) is 5. The van der Waals surface area contributed by atoms with Gasteiger partial charge in [-0.1, -0.05) is 17.7 Å². The number of nitrogens with one attached hydrogen (secondary N) is 1. The summed E-state index contributed by atoms with van der Waals surface area (Å²) in [6, 6.07) is 14.9. The molecule has 1 heterocycles. The van der Waals surface area contributed by atoms with Crippen LogP contribution in [-0.4, -0.2) is 23.1 Å². The maximum atomic E-state index is 12.3. The van der Waals surface area contributed by atoms with Gasteiger partial charge in [0.15, 0.2) is 0 Å². The van der Waals surface area contributed by atoms with Crippen LogP contribution >= 0.6 is 11.6 Å². The van der Waals surface area contributed by atoms with Crippen molar-refractivity contribution in [1.29, 1.82) is 0 Å². The number of carbonyl (C=O) groups excluding carboxylic acids is 1. The van der Waals surface area contributed by atoms with Crippen LogP contribution in [0.3, 0.4) is 0 Å². The van der Waals surface area contributed by atoms with Crippen LogP contribution in [0.25, 0.3) is 0 Å². The van der Waals surface area contributed by atoms with Gasteiger partial charge in [0.05, 0.1) is 23.4 Å².